The summed E-state index contributed by atoms with van der Waals surface area (Å²) in [6, 6.07) is 26.2. The molecular weight excluding hydrogens is 396 g/mol. The van der Waals surface area contributed by atoms with E-state index in [1.54, 1.807) is 13.0 Å². The summed E-state index contributed by atoms with van der Waals surface area (Å²) in [4.78, 5) is 16.7. The van der Waals surface area contributed by atoms with Crippen LogP contribution in [0, 0.1) is 10.1 Å². The number of aliphatic imine (C=N–C) groups is 1. The highest BCUT2D eigenvalue weighted by Gasteiger charge is 2.43. The third-order valence-electron chi connectivity index (χ3n) is 5.44. The van der Waals surface area contributed by atoms with Gasteiger partial charge in [0.05, 0.1) is 11.6 Å². The highest BCUT2D eigenvalue weighted by atomic mass is 35.5. The lowest BCUT2D eigenvalue weighted by Crippen LogP contribution is -2.38. The van der Waals surface area contributed by atoms with Crippen molar-refractivity contribution in [3.63, 3.8) is 0 Å². The zero-order chi connectivity index (χ0) is 21.1. The molecule has 0 spiro atoms. The molecule has 0 aromatic heterocycles. The van der Waals surface area contributed by atoms with Crippen molar-refractivity contribution in [1.82, 2.24) is 0 Å². The third kappa shape index (κ3) is 3.91. The first kappa shape index (κ1) is 20.0. The minimum Gasteiger partial charge on any atom is -0.264 e. The number of benzene rings is 3. The van der Waals surface area contributed by atoms with Gasteiger partial charge in [0.25, 0.3) is 6.04 Å². The van der Waals surface area contributed by atoms with E-state index in [2.05, 4.69) is 0 Å². The molecule has 0 radical (unpaired) electrons. The van der Waals surface area contributed by atoms with Crippen molar-refractivity contribution in [2.75, 3.05) is 0 Å². The Morgan fingerprint density at radius 2 is 1.53 bits per heavy atom. The number of allylic oxidation sites excluding steroid dienone is 1. The highest BCUT2D eigenvalue weighted by Crippen LogP contribution is 2.44. The van der Waals surface area contributed by atoms with Gasteiger partial charge < -0.3 is 0 Å². The van der Waals surface area contributed by atoms with Crippen LogP contribution in [-0.2, 0) is 6.42 Å². The lowest BCUT2D eigenvalue weighted by atomic mass is 9.76. The van der Waals surface area contributed by atoms with E-state index >= 15 is 0 Å². The van der Waals surface area contributed by atoms with Gasteiger partial charge in [0, 0.05) is 22.1 Å². The fourth-order valence-electron chi connectivity index (χ4n) is 4.13. The summed E-state index contributed by atoms with van der Waals surface area (Å²) in [5, 5.41) is 12.7. The van der Waals surface area contributed by atoms with Gasteiger partial charge in [-0.1, -0.05) is 90.5 Å². The number of nitro groups is 1. The molecule has 2 atom stereocenters. The summed E-state index contributed by atoms with van der Waals surface area (Å²) in [5.74, 6) is -0.521. The summed E-state index contributed by atoms with van der Waals surface area (Å²) in [6.07, 6.45) is 0.591. The average Bonchev–Trinajstić information content (AvgIpc) is 2.75. The molecule has 0 saturated carbocycles. The summed E-state index contributed by atoms with van der Waals surface area (Å²) in [5.41, 5.74) is 4.98. The average molecular weight is 417 g/mol. The monoisotopic (exact) mass is 416 g/mol. The highest BCUT2D eigenvalue weighted by molar-refractivity contribution is 6.31. The molecule has 0 N–H and O–H groups in total. The molecule has 0 fully saturated rings. The van der Waals surface area contributed by atoms with E-state index in [-0.39, 0.29) is 4.92 Å². The zero-order valence-electron chi connectivity index (χ0n) is 16.5. The second-order valence-electron chi connectivity index (χ2n) is 7.37. The van der Waals surface area contributed by atoms with Gasteiger partial charge in [-0.2, -0.15) is 0 Å². The Morgan fingerprint density at radius 3 is 2.17 bits per heavy atom. The largest absolute Gasteiger partial charge is 0.264 e. The van der Waals surface area contributed by atoms with Crippen LogP contribution in [-0.4, -0.2) is 16.7 Å². The first-order chi connectivity index (χ1) is 14.6. The van der Waals surface area contributed by atoms with Crippen LogP contribution in [0.25, 0.3) is 5.57 Å². The van der Waals surface area contributed by atoms with E-state index in [0.717, 1.165) is 28.0 Å². The summed E-state index contributed by atoms with van der Waals surface area (Å²) in [7, 11) is 0. The number of nitrogens with zero attached hydrogens (tertiary/aromatic N) is 2. The van der Waals surface area contributed by atoms with Gasteiger partial charge in [-0.15, -0.1) is 0 Å². The second kappa shape index (κ2) is 8.64. The smallest absolute Gasteiger partial charge is 0.261 e. The summed E-state index contributed by atoms with van der Waals surface area (Å²) in [6.45, 7) is 1.74. The van der Waals surface area contributed by atoms with Crippen LogP contribution in [0.2, 0.25) is 5.02 Å². The quantitative estimate of drug-likeness (QED) is 0.367. The number of hydrogen-bond acceptors (Lipinski definition) is 3. The molecule has 4 nitrogen and oxygen atoms in total. The Kier molecular flexibility index (Phi) is 5.77. The van der Waals surface area contributed by atoms with Gasteiger partial charge in [0.15, 0.2) is 0 Å². The molecular formula is C25H21ClN2O2. The van der Waals surface area contributed by atoms with Crippen LogP contribution < -0.4 is 0 Å². The molecule has 1 heterocycles. The van der Waals surface area contributed by atoms with Gasteiger partial charge in [-0.3, -0.25) is 15.1 Å². The minimum atomic E-state index is -0.973. The van der Waals surface area contributed by atoms with E-state index in [0.29, 0.717) is 17.2 Å². The van der Waals surface area contributed by atoms with Crippen molar-refractivity contribution in [3.05, 3.63) is 122 Å². The van der Waals surface area contributed by atoms with Gasteiger partial charge in [-0.05, 0) is 35.3 Å². The van der Waals surface area contributed by atoms with Crippen LogP contribution in [0.1, 0.15) is 29.5 Å². The number of rotatable bonds is 5. The molecule has 2 unspecified atom stereocenters. The van der Waals surface area contributed by atoms with Gasteiger partial charge in [-0.25, -0.2) is 0 Å². The van der Waals surface area contributed by atoms with Crippen LogP contribution in [0.4, 0.5) is 0 Å². The van der Waals surface area contributed by atoms with Crippen LogP contribution >= 0.6 is 11.6 Å². The van der Waals surface area contributed by atoms with E-state index in [4.69, 9.17) is 16.6 Å². The SMILES string of the molecule is CC1=NC(Cc2ccccc2)=C(c2ccccc2)C(c2ccccc2Cl)C1[N+](=O)[O-]. The van der Waals surface area contributed by atoms with Crippen LogP contribution in [0.3, 0.4) is 0 Å². The minimum absolute atomic E-state index is 0.241. The van der Waals surface area contributed by atoms with E-state index in [1.165, 1.54) is 0 Å². The molecule has 1 aliphatic rings. The molecule has 3 aromatic rings. The standard InChI is InChI=1S/C25H21ClN2O2/c1-17-25(28(29)30)24(20-14-8-9-15-21(20)26)23(19-12-6-3-7-13-19)22(27-17)16-18-10-4-2-5-11-18/h2-15,24-25H,16H2,1H3. The predicted octanol–water partition coefficient (Wildman–Crippen LogP) is 6.20. The maximum Gasteiger partial charge on any atom is 0.261 e. The van der Waals surface area contributed by atoms with Gasteiger partial charge >= 0.3 is 0 Å². The maximum absolute atomic E-state index is 12.2. The van der Waals surface area contributed by atoms with Crippen LogP contribution in [0.15, 0.2) is 95.6 Å². The third-order valence-corrected chi connectivity index (χ3v) is 5.79. The van der Waals surface area contributed by atoms with Crippen molar-refractivity contribution < 1.29 is 4.92 Å². The maximum atomic E-state index is 12.2. The molecule has 3 aromatic carbocycles. The molecule has 150 valence electrons. The van der Waals surface area contributed by atoms with Crippen LogP contribution in [0.5, 0.6) is 0 Å². The topological polar surface area (TPSA) is 55.5 Å². The lowest BCUT2D eigenvalue weighted by molar-refractivity contribution is -0.504. The van der Waals surface area contributed by atoms with Crippen molar-refractivity contribution in [2.45, 2.75) is 25.3 Å². The normalized spacial score (nSPS) is 18.8. The van der Waals surface area contributed by atoms with E-state index in [1.807, 2.05) is 78.9 Å². The number of halogens is 1. The van der Waals surface area contributed by atoms with E-state index < -0.39 is 12.0 Å². The van der Waals surface area contributed by atoms with Gasteiger partial charge in [0.2, 0.25) is 0 Å². The molecule has 1 aliphatic heterocycles. The Hall–Kier alpha value is -3.24. The fourth-order valence-corrected chi connectivity index (χ4v) is 4.39. The molecule has 4 rings (SSSR count). The number of hydrogen-bond donors (Lipinski definition) is 0. The van der Waals surface area contributed by atoms with Gasteiger partial charge in [0.1, 0.15) is 0 Å². The summed E-state index contributed by atoms with van der Waals surface area (Å²) >= 11 is 6.55. The van der Waals surface area contributed by atoms with Crippen molar-refractivity contribution >= 4 is 22.9 Å². The Labute approximate surface area is 180 Å². The van der Waals surface area contributed by atoms with Crippen molar-refractivity contribution in [2.24, 2.45) is 4.99 Å². The molecule has 0 amide bonds. The summed E-state index contributed by atoms with van der Waals surface area (Å²) < 4.78 is 0. The molecule has 30 heavy (non-hydrogen) atoms. The fraction of sp³-hybridized carbons (Fsp3) is 0.160. The first-order valence-electron chi connectivity index (χ1n) is 9.81. The Bertz CT molecular complexity index is 1120. The van der Waals surface area contributed by atoms with Crippen molar-refractivity contribution in [1.29, 1.82) is 0 Å². The second-order valence-corrected chi connectivity index (χ2v) is 7.78. The zero-order valence-corrected chi connectivity index (χ0v) is 17.3. The Morgan fingerprint density at radius 1 is 0.933 bits per heavy atom. The first-order valence-corrected chi connectivity index (χ1v) is 10.2. The van der Waals surface area contributed by atoms with E-state index in [9.17, 15) is 10.1 Å². The Balaban J connectivity index is 1.98. The van der Waals surface area contributed by atoms with Crippen molar-refractivity contribution in [3.8, 4) is 0 Å². The molecule has 5 heteroatoms. The molecule has 0 saturated heterocycles. The molecule has 0 bridgehead atoms. The molecule has 0 aliphatic carbocycles. The lowest BCUT2D eigenvalue weighted by Gasteiger charge is -2.30. The predicted molar refractivity (Wildman–Crippen MR) is 122 cm³/mol.